The number of amides is 1. The predicted octanol–water partition coefficient (Wildman–Crippen LogP) is 1.61. The van der Waals surface area contributed by atoms with E-state index >= 15 is 0 Å². The average molecular weight is 330 g/mol. The van der Waals surface area contributed by atoms with Crippen LogP contribution in [0.4, 0.5) is 5.82 Å². The number of nitrogens with one attached hydrogen (secondary N) is 1. The number of hydrogen-bond donors (Lipinski definition) is 1. The van der Waals surface area contributed by atoms with Crippen molar-refractivity contribution in [1.29, 1.82) is 0 Å². The molecule has 1 aliphatic heterocycles. The first kappa shape index (κ1) is 16.3. The summed E-state index contributed by atoms with van der Waals surface area (Å²) in [5.41, 5.74) is 0.811. The topological polar surface area (TPSA) is 76.6 Å². The molecule has 1 aromatic heterocycles. The highest BCUT2D eigenvalue weighted by molar-refractivity contribution is 5.92. The van der Waals surface area contributed by atoms with Crippen molar-refractivity contribution < 1.29 is 14.3 Å². The molecule has 1 saturated heterocycles. The van der Waals surface area contributed by atoms with Crippen LogP contribution in [0.5, 0.6) is 11.5 Å². The normalized spacial score (nSPS) is 15.4. The fourth-order valence-corrected chi connectivity index (χ4v) is 3.18. The zero-order chi connectivity index (χ0) is 17.1. The molecule has 0 aliphatic carbocycles. The Balaban J connectivity index is 1.91. The second-order valence-corrected chi connectivity index (χ2v) is 5.80. The molecule has 7 heteroatoms. The van der Waals surface area contributed by atoms with Gasteiger partial charge in [-0.1, -0.05) is 0 Å². The summed E-state index contributed by atoms with van der Waals surface area (Å²) in [6, 6.07) is 3.77. The molecule has 128 valence electrons. The van der Waals surface area contributed by atoms with Crippen LogP contribution >= 0.6 is 0 Å². The minimum absolute atomic E-state index is 0.0778. The molecule has 0 unspecified atom stereocenters. The number of benzene rings is 1. The lowest BCUT2D eigenvalue weighted by Crippen LogP contribution is -2.40. The fraction of sp³-hybridized carbons (Fsp3) is 0.471. The van der Waals surface area contributed by atoms with Gasteiger partial charge in [0.25, 0.3) is 0 Å². The molecule has 1 amide bonds. The van der Waals surface area contributed by atoms with Crippen LogP contribution in [-0.4, -0.2) is 50.2 Å². The third kappa shape index (κ3) is 2.93. The van der Waals surface area contributed by atoms with Gasteiger partial charge < -0.3 is 19.7 Å². The van der Waals surface area contributed by atoms with Crippen molar-refractivity contribution in [1.82, 2.24) is 15.3 Å². The molecular formula is C17H22N4O3. The molecule has 24 heavy (non-hydrogen) atoms. The molecule has 0 bridgehead atoms. The van der Waals surface area contributed by atoms with Crippen LogP contribution in [0.1, 0.15) is 12.8 Å². The third-order valence-corrected chi connectivity index (χ3v) is 4.53. The van der Waals surface area contributed by atoms with Gasteiger partial charge in [0.1, 0.15) is 12.1 Å². The predicted molar refractivity (Wildman–Crippen MR) is 91.6 cm³/mol. The summed E-state index contributed by atoms with van der Waals surface area (Å²) in [5.74, 6) is 2.37. The van der Waals surface area contributed by atoms with Crippen LogP contribution in [0.3, 0.4) is 0 Å². The molecule has 1 aromatic carbocycles. The lowest BCUT2D eigenvalue weighted by atomic mass is 9.96. The lowest BCUT2D eigenvalue weighted by Gasteiger charge is -2.32. The molecule has 2 aromatic rings. The maximum absolute atomic E-state index is 11.8. The van der Waals surface area contributed by atoms with E-state index in [9.17, 15) is 4.79 Å². The monoisotopic (exact) mass is 330 g/mol. The Bertz CT molecular complexity index is 742. The van der Waals surface area contributed by atoms with Gasteiger partial charge in [0, 0.05) is 37.5 Å². The molecule has 1 N–H and O–H groups in total. The van der Waals surface area contributed by atoms with Crippen LogP contribution in [0.2, 0.25) is 0 Å². The van der Waals surface area contributed by atoms with E-state index in [0.29, 0.717) is 11.5 Å². The van der Waals surface area contributed by atoms with Crippen molar-refractivity contribution in [2.45, 2.75) is 12.8 Å². The van der Waals surface area contributed by atoms with E-state index in [4.69, 9.17) is 9.47 Å². The molecule has 1 aliphatic rings. The zero-order valence-electron chi connectivity index (χ0n) is 14.2. The summed E-state index contributed by atoms with van der Waals surface area (Å²) >= 11 is 0. The molecule has 1 fully saturated rings. The number of piperidine rings is 1. The minimum atomic E-state index is 0.0778. The van der Waals surface area contributed by atoms with Crippen LogP contribution in [0, 0.1) is 5.92 Å². The number of methoxy groups -OCH3 is 2. The first-order valence-corrected chi connectivity index (χ1v) is 8.01. The number of nitrogens with zero attached hydrogens (tertiary/aromatic N) is 3. The quantitative estimate of drug-likeness (QED) is 0.918. The van der Waals surface area contributed by atoms with Gasteiger partial charge in [-0.15, -0.1) is 0 Å². The van der Waals surface area contributed by atoms with Gasteiger partial charge in [0.2, 0.25) is 5.91 Å². The van der Waals surface area contributed by atoms with Crippen molar-refractivity contribution in [2.24, 2.45) is 5.92 Å². The summed E-state index contributed by atoms with van der Waals surface area (Å²) < 4.78 is 10.7. The smallest absolute Gasteiger partial charge is 0.222 e. The van der Waals surface area contributed by atoms with Crippen molar-refractivity contribution in [3.8, 4) is 11.5 Å². The number of carbonyl (C=O) groups excluding carboxylic acids is 1. The Morgan fingerprint density at radius 3 is 2.46 bits per heavy atom. The second kappa shape index (κ2) is 6.90. The van der Waals surface area contributed by atoms with Gasteiger partial charge in [-0.3, -0.25) is 4.79 Å². The standard InChI is InChI=1S/C17H22N4O3/c1-18-17(22)11-4-6-21(7-5-11)16-12-8-14(23-2)15(24-3)9-13(12)19-10-20-16/h8-11H,4-7H2,1-3H3,(H,18,22). The number of aromatic nitrogens is 2. The van der Waals surface area contributed by atoms with Gasteiger partial charge in [-0.2, -0.15) is 0 Å². The van der Waals surface area contributed by atoms with Crippen molar-refractivity contribution in [3.05, 3.63) is 18.5 Å². The maximum atomic E-state index is 11.8. The molecule has 0 saturated carbocycles. The van der Waals surface area contributed by atoms with Crippen LogP contribution in [0.25, 0.3) is 10.9 Å². The van der Waals surface area contributed by atoms with Crippen LogP contribution in [-0.2, 0) is 4.79 Å². The number of carbonyl (C=O) groups is 1. The Morgan fingerprint density at radius 1 is 1.17 bits per heavy atom. The van der Waals surface area contributed by atoms with Gasteiger partial charge in [-0.05, 0) is 18.9 Å². The summed E-state index contributed by atoms with van der Waals surface area (Å²) in [6.45, 7) is 1.58. The van der Waals surface area contributed by atoms with Gasteiger partial charge in [-0.25, -0.2) is 9.97 Å². The highest BCUT2D eigenvalue weighted by Gasteiger charge is 2.26. The number of ether oxygens (including phenoxy) is 2. The molecule has 0 atom stereocenters. The number of rotatable bonds is 4. The average Bonchev–Trinajstić information content (AvgIpc) is 2.65. The largest absolute Gasteiger partial charge is 0.493 e. The maximum Gasteiger partial charge on any atom is 0.222 e. The Kier molecular flexibility index (Phi) is 4.69. The first-order valence-electron chi connectivity index (χ1n) is 8.01. The summed E-state index contributed by atoms with van der Waals surface area (Å²) in [5, 5.41) is 3.66. The number of anilines is 1. The summed E-state index contributed by atoms with van der Waals surface area (Å²) in [7, 11) is 4.91. The first-order chi connectivity index (χ1) is 11.7. The zero-order valence-corrected chi connectivity index (χ0v) is 14.2. The van der Waals surface area contributed by atoms with E-state index in [0.717, 1.165) is 42.7 Å². The molecular weight excluding hydrogens is 308 g/mol. The van der Waals surface area contributed by atoms with Crippen molar-refractivity contribution >= 4 is 22.6 Å². The Hall–Kier alpha value is -2.57. The van der Waals surface area contributed by atoms with Crippen LogP contribution < -0.4 is 19.7 Å². The molecule has 0 spiro atoms. The molecule has 7 nitrogen and oxygen atoms in total. The molecule has 2 heterocycles. The number of hydrogen-bond acceptors (Lipinski definition) is 6. The Morgan fingerprint density at radius 2 is 1.83 bits per heavy atom. The molecule has 0 radical (unpaired) electrons. The molecule has 3 rings (SSSR count). The van der Waals surface area contributed by atoms with E-state index in [-0.39, 0.29) is 11.8 Å². The van der Waals surface area contributed by atoms with E-state index in [1.165, 1.54) is 0 Å². The fourth-order valence-electron chi connectivity index (χ4n) is 3.18. The minimum Gasteiger partial charge on any atom is -0.493 e. The third-order valence-electron chi connectivity index (χ3n) is 4.53. The SMILES string of the molecule is CNC(=O)C1CCN(c2ncnc3cc(OC)c(OC)cc23)CC1. The number of fused-ring (bicyclic) bond motifs is 1. The summed E-state index contributed by atoms with van der Waals surface area (Å²) in [4.78, 5) is 22.8. The second-order valence-electron chi connectivity index (χ2n) is 5.80. The van der Waals surface area contributed by atoms with Gasteiger partial charge in [0.05, 0.1) is 19.7 Å². The van der Waals surface area contributed by atoms with Gasteiger partial charge in [0.15, 0.2) is 11.5 Å². The summed E-state index contributed by atoms with van der Waals surface area (Å²) in [6.07, 6.45) is 3.20. The highest BCUT2D eigenvalue weighted by atomic mass is 16.5. The van der Waals surface area contributed by atoms with Gasteiger partial charge >= 0.3 is 0 Å². The van der Waals surface area contributed by atoms with E-state index in [1.807, 2.05) is 12.1 Å². The van der Waals surface area contributed by atoms with Crippen molar-refractivity contribution in [2.75, 3.05) is 39.3 Å². The van der Waals surface area contributed by atoms with Crippen LogP contribution in [0.15, 0.2) is 18.5 Å². The van der Waals surface area contributed by atoms with E-state index in [2.05, 4.69) is 20.2 Å². The Labute approximate surface area is 141 Å². The van der Waals surface area contributed by atoms with E-state index < -0.39 is 0 Å². The highest BCUT2D eigenvalue weighted by Crippen LogP contribution is 2.35. The van der Waals surface area contributed by atoms with Crippen molar-refractivity contribution in [3.63, 3.8) is 0 Å². The lowest BCUT2D eigenvalue weighted by molar-refractivity contribution is -0.125. The van der Waals surface area contributed by atoms with E-state index in [1.54, 1.807) is 27.6 Å².